The molecule has 27 heavy (non-hydrogen) atoms. The van der Waals surface area contributed by atoms with E-state index in [2.05, 4.69) is 10.6 Å². The molecule has 1 heterocycles. The number of anilines is 2. The molecule has 0 aliphatic carbocycles. The lowest BCUT2D eigenvalue weighted by Crippen LogP contribution is -2.31. The van der Waals surface area contributed by atoms with Gasteiger partial charge in [0.05, 0.1) is 6.04 Å². The third-order valence-corrected chi connectivity index (χ3v) is 4.55. The van der Waals surface area contributed by atoms with Crippen LogP contribution in [0.2, 0.25) is 0 Å². The Bertz CT molecular complexity index is 865. The zero-order valence-electron chi connectivity index (χ0n) is 15.2. The van der Waals surface area contributed by atoms with Crippen LogP contribution in [-0.2, 0) is 4.79 Å². The molecule has 142 valence electrons. The van der Waals surface area contributed by atoms with E-state index >= 15 is 0 Å². The highest BCUT2D eigenvalue weighted by atomic mass is 19.1. The van der Waals surface area contributed by atoms with Crippen molar-refractivity contribution >= 4 is 23.3 Å². The van der Waals surface area contributed by atoms with Crippen LogP contribution in [0, 0.1) is 18.6 Å². The molecule has 2 aromatic rings. The van der Waals surface area contributed by atoms with Crippen LogP contribution in [0.15, 0.2) is 36.4 Å². The number of rotatable bonds is 4. The van der Waals surface area contributed by atoms with E-state index in [1.165, 1.54) is 12.1 Å². The van der Waals surface area contributed by atoms with Gasteiger partial charge in [0, 0.05) is 30.4 Å². The Labute approximate surface area is 156 Å². The molecule has 0 aromatic heterocycles. The minimum Gasteiger partial charge on any atom is -0.331 e. The van der Waals surface area contributed by atoms with Crippen LogP contribution in [0.4, 0.5) is 25.0 Å². The minimum absolute atomic E-state index is 0.104. The fraction of sp³-hybridized carbons (Fsp3) is 0.300. The highest BCUT2D eigenvalue weighted by molar-refractivity contribution is 5.96. The molecule has 1 aliphatic rings. The van der Waals surface area contributed by atoms with Gasteiger partial charge >= 0.3 is 6.03 Å². The predicted molar refractivity (Wildman–Crippen MR) is 99.7 cm³/mol. The molecule has 1 aliphatic heterocycles. The van der Waals surface area contributed by atoms with Crippen LogP contribution in [-0.4, -0.2) is 18.5 Å². The fourth-order valence-electron chi connectivity index (χ4n) is 3.21. The van der Waals surface area contributed by atoms with Crippen molar-refractivity contribution in [2.45, 2.75) is 32.7 Å². The normalized spacial score (nSPS) is 15.0. The van der Waals surface area contributed by atoms with Gasteiger partial charge in [-0.25, -0.2) is 13.6 Å². The van der Waals surface area contributed by atoms with Crippen LogP contribution in [0.25, 0.3) is 0 Å². The van der Waals surface area contributed by atoms with Crippen molar-refractivity contribution in [3.8, 4) is 0 Å². The molecular weight excluding hydrogens is 352 g/mol. The molecule has 1 atom stereocenters. The number of urea groups is 1. The van der Waals surface area contributed by atoms with Crippen molar-refractivity contribution in [2.75, 3.05) is 16.8 Å². The molecule has 0 saturated carbocycles. The monoisotopic (exact) mass is 373 g/mol. The summed E-state index contributed by atoms with van der Waals surface area (Å²) in [6.07, 6.45) is 1.40. The van der Waals surface area contributed by atoms with Crippen molar-refractivity contribution < 1.29 is 18.4 Å². The lowest BCUT2D eigenvalue weighted by molar-refractivity contribution is -0.117. The molecule has 2 aromatic carbocycles. The summed E-state index contributed by atoms with van der Waals surface area (Å²) in [5, 5.41) is 5.35. The molecule has 5 nitrogen and oxygen atoms in total. The number of carbonyl (C=O) groups is 2. The predicted octanol–water partition coefficient (Wildman–Crippen LogP) is 4.28. The Balaban J connectivity index is 1.65. The molecule has 1 unspecified atom stereocenters. The summed E-state index contributed by atoms with van der Waals surface area (Å²) in [7, 11) is 0. The summed E-state index contributed by atoms with van der Waals surface area (Å²) in [5.41, 5.74) is 2.62. The Morgan fingerprint density at radius 2 is 1.85 bits per heavy atom. The Hall–Kier alpha value is -2.96. The topological polar surface area (TPSA) is 61.4 Å². The van der Waals surface area contributed by atoms with Crippen LogP contribution in [0.5, 0.6) is 0 Å². The zero-order chi connectivity index (χ0) is 19.6. The maximum Gasteiger partial charge on any atom is 0.319 e. The Kier molecular flexibility index (Phi) is 5.39. The average molecular weight is 373 g/mol. The number of benzene rings is 2. The van der Waals surface area contributed by atoms with Gasteiger partial charge < -0.3 is 15.5 Å². The van der Waals surface area contributed by atoms with E-state index in [1.54, 1.807) is 30.0 Å². The van der Waals surface area contributed by atoms with Crippen LogP contribution < -0.4 is 15.5 Å². The first-order valence-corrected chi connectivity index (χ1v) is 8.78. The Morgan fingerprint density at radius 3 is 2.44 bits per heavy atom. The third kappa shape index (κ3) is 4.42. The van der Waals surface area contributed by atoms with Crippen molar-refractivity contribution in [3.05, 3.63) is 59.2 Å². The summed E-state index contributed by atoms with van der Waals surface area (Å²) < 4.78 is 26.6. The van der Waals surface area contributed by atoms with Crippen molar-refractivity contribution in [1.29, 1.82) is 0 Å². The lowest BCUT2D eigenvalue weighted by atomic mass is 10.1. The number of hydrogen-bond donors (Lipinski definition) is 2. The van der Waals surface area contributed by atoms with E-state index in [0.717, 1.165) is 23.7 Å². The maximum absolute atomic E-state index is 13.3. The molecule has 1 saturated heterocycles. The summed E-state index contributed by atoms with van der Waals surface area (Å²) in [6, 6.07) is 7.40. The molecule has 0 bridgehead atoms. The number of carbonyl (C=O) groups excluding carboxylic acids is 2. The van der Waals surface area contributed by atoms with Crippen molar-refractivity contribution in [1.82, 2.24) is 5.32 Å². The first kappa shape index (κ1) is 18.8. The van der Waals surface area contributed by atoms with Crippen LogP contribution >= 0.6 is 0 Å². The van der Waals surface area contributed by atoms with Crippen molar-refractivity contribution in [3.63, 3.8) is 0 Å². The highest BCUT2D eigenvalue weighted by Gasteiger charge is 2.23. The smallest absolute Gasteiger partial charge is 0.319 e. The van der Waals surface area contributed by atoms with E-state index in [1.807, 2.05) is 6.92 Å². The molecule has 0 radical (unpaired) electrons. The number of amides is 3. The van der Waals surface area contributed by atoms with E-state index in [9.17, 15) is 18.4 Å². The molecule has 2 N–H and O–H groups in total. The zero-order valence-corrected chi connectivity index (χ0v) is 15.2. The molecular formula is C20H21F2N3O2. The van der Waals surface area contributed by atoms with Gasteiger partial charge in [-0.15, -0.1) is 0 Å². The first-order chi connectivity index (χ1) is 12.8. The number of nitrogens with zero attached hydrogens (tertiary/aromatic N) is 1. The van der Waals surface area contributed by atoms with Gasteiger partial charge in [0.25, 0.3) is 0 Å². The highest BCUT2D eigenvalue weighted by Crippen LogP contribution is 2.27. The molecule has 3 amide bonds. The van der Waals surface area contributed by atoms with Gasteiger partial charge in [-0.1, -0.05) is 0 Å². The van der Waals surface area contributed by atoms with E-state index in [-0.39, 0.29) is 5.91 Å². The summed E-state index contributed by atoms with van der Waals surface area (Å²) in [6.45, 7) is 4.22. The van der Waals surface area contributed by atoms with Crippen molar-refractivity contribution in [2.24, 2.45) is 0 Å². The number of nitrogens with one attached hydrogen (secondary N) is 2. The van der Waals surface area contributed by atoms with Gasteiger partial charge in [-0.3, -0.25) is 4.79 Å². The van der Waals surface area contributed by atoms with Crippen LogP contribution in [0.1, 0.15) is 36.9 Å². The second-order valence-electron chi connectivity index (χ2n) is 6.67. The molecule has 1 fully saturated rings. The van der Waals surface area contributed by atoms with E-state index in [0.29, 0.717) is 24.2 Å². The Morgan fingerprint density at radius 1 is 1.15 bits per heavy atom. The van der Waals surface area contributed by atoms with Crippen LogP contribution in [0.3, 0.4) is 0 Å². The standard InChI is InChI=1S/C20H21F2N3O2/c1-12-8-17(5-6-18(12)25-7-3-4-19(25)26)24-20(27)23-13(2)14-9-15(21)11-16(22)10-14/h5-6,8-11,13H,3-4,7H2,1-2H3,(H2,23,24,27). The largest absolute Gasteiger partial charge is 0.331 e. The van der Waals surface area contributed by atoms with Gasteiger partial charge in [-0.2, -0.15) is 0 Å². The second kappa shape index (κ2) is 7.73. The van der Waals surface area contributed by atoms with Gasteiger partial charge in [-0.05, 0) is 61.7 Å². The summed E-state index contributed by atoms with van der Waals surface area (Å²) >= 11 is 0. The first-order valence-electron chi connectivity index (χ1n) is 8.78. The number of aryl methyl sites for hydroxylation is 1. The summed E-state index contributed by atoms with van der Waals surface area (Å²) in [4.78, 5) is 25.8. The summed E-state index contributed by atoms with van der Waals surface area (Å²) in [5.74, 6) is -1.28. The SMILES string of the molecule is Cc1cc(NC(=O)NC(C)c2cc(F)cc(F)c2)ccc1N1CCCC1=O. The number of halogens is 2. The molecule has 3 rings (SSSR count). The van der Waals surface area contributed by atoms with E-state index in [4.69, 9.17) is 0 Å². The quantitative estimate of drug-likeness (QED) is 0.840. The van der Waals surface area contributed by atoms with Gasteiger partial charge in [0.1, 0.15) is 11.6 Å². The average Bonchev–Trinajstić information content (AvgIpc) is 3.00. The third-order valence-electron chi connectivity index (χ3n) is 4.55. The van der Waals surface area contributed by atoms with Gasteiger partial charge in [0.15, 0.2) is 0 Å². The molecule has 7 heteroatoms. The minimum atomic E-state index is -0.693. The fourth-order valence-corrected chi connectivity index (χ4v) is 3.21. The van der Waals surface area contributed by atoms with Gasteiger partial charge in [0.2, 0.25) is 5.91 Å². The lowest BCUT2D eigenvalue weighted by Gasteiger charge is -2.20. The number of hydrogen-bond acceptors (Lipinski definition) is 2. The van der Waals surface area contributed by atoms with E-state index < -0.39 is 23.7 Å². The second-order valence-corrected chi connectivity index (χ2v) is 6.67. The maximum atomic E-state index is 13.3. The molecule has 0 spiro atoms.